The van der Waals surface area contributed by atoms with Crippen LogP contribution in [-0.2, 0) is 29.6 Å². The zero-order valence-corrected chi connectivity index (χ0v) is 33.2. The van der Waals surface area contributed by atoms with Gasteiger partial charge in [-0.15, -0.1) is 12.6 Å². The van der Waals surface area contributed by atoms with E-state index in [1.165, 1.54) is 4.90 Å². The summed E-state index contributed by atoms with van der Waals surface area (Å²) < 4.78 is 6.25. The average molecular weight is 826 g/mol. The Morgan fingerprint density at radius 1 is 0.828 bits per heavy atom. The molecular weight excluding hydrogens is 790 g/mol. The Kier molecular flexibility index (Phi) is 11.1. The maximum atomic E-state index is 14.4. The van der Waals surface area contributed by atoms with Crippen LogP contribution in [0, 0.1) is 0 Å². The van der Waals surface area contributed by atoms with Crippen LogP contribution in [0.3, 0.4) is 0 Å². The van der Waals surface area contributed by atoms with E-state index in [0.29, 0.717) is 17.7 Å². The van der Waals surface area contributed by atoms with Gasteiger partial charge in [0.25, 0.3) is 11.8 Å². The third-order valence-electron chi connectivity index (χ3n) is 10.2. The number of hydrogen-bond acceptors (Lipinski definition) is 10. The predicted molar refractivity (Wildman–Crippen MR) is 227 cm³/mol. The van der Waals surface area contributed by atoms with Gasteiger partial charge in [0.1, 0.15) is 21.8 Å². The van der Waals surface area contributed by atoms with E-state index in [-0.39, 0.29) is 26.6 Å². The summed E-state index contributed by atoms with van der Waals surface area (Å²) in [7, 11) is 0. The van der Waals surface area contributed by atoms with Crippen molar-refractivity contribution in [1.29, 1.82) is 0 Å². The molecule has 290 valence electrons. The number of allylic oxidation sites excluding steroid dienone is 1. The number of aromatic nitrogens is 1. The highest BCUT2D eigenvalue weighted by atomic mass is 35.5. The molecule has 13 heteroatoms. The van der Waals surface area contributed by atoms with Crippen LogP contribution in [0.1, 0.15) is 52.5 Å². The number of thiol groups is 1. The monoisotopic (exact) mass is 825 g/mol. The second kappa shape index (κ2) is 16.7. The topological polar surface area (TPSA) is 136 Å². The van der Waals surface area contributed by atoms with Crippen LogP contribution in [0.2, 0.25) is 4.34 Å². The third kappa shape index (κ3) is 7.37. The number of amides is 2. The second-order valence-electron chi connectivity index (χ2n) is 13.7. The first kappa shape index (κ1) is 38.7. The molecule has 2 aliphatic heterocycles. The van der Waals surface area contributed by atoms with Crippen molar-refractivity contribution < 1.29 is 24.0 Å². The Balaban J connectivity index is 1.11. The number of carbonyl (C=O) groups is 3. The van der Waals surface area contributed by atoms with E-state index in [9.17, 15) is 14.4 Å². The molecule has 1 unspecified atom stereocenters. The maximum absolute atomic E-state index is 14.4. The first-order valence-corrected chi connectivity index (χ1v) is 20.1. The van der Waals surface area contributed by atoms with E-state index in [1.54, 1.807) is 0 Å². The van der Waals surface area contributed by atoms with Crippen LogP contribution in [0.15, 0.2) is 167 Å². The van der Waals surface area contributed by atoms with E-state index in [2.05, 4.69) is 28.1 Å². The van der Waals surface area contributed by atoms with E-state index >= 15 is 0 Å². The fraction of sp³-hybridized carbons (Fsp3) is 0.133. The minimum atomic E-state index is -1.34. The normalized spacial score (nSPS) is 16.7. The van der Waals surface area contributed by atoms with Gasteiger partial charge in [-0.1, -0.05) is 180 Å². The zero-order valence-electron chi connectivity index (χ0n) is 30.8. The number of β-lactam (4-membered cyclic amide) rings is 1. The number of nitrogens with two attached hydrogens (primary N) is 1. The number of oxime groups is 1. The molecule has 1 fully saturated rings. The lowest BCUT2D eigenvalue weighted by molar-refractivity contribution is -0.158. The highest BCUT2D eigenvalue weighted by Crippen LogP contribution is 2.42. The lowest BCUT2D eigenvalue weighted by atomic mass is 9.80. The van der Waals surface area contributed by atoms with Crippen molar-refractivity contribution in [3.05, 3.63) is 200 Å². The van der Waals surface area contributed by atoms with E-state index < -0.39 is 41.6 Å². The SMILES string of the molecule is Nc1nc(/C(=N/OC(c2ccccc2)(c2ccccc2)c2ccccc2)C(=O)N[C@H]2C(=O)N3C(C(=O)OC(c4ccccc4)c4ccccc4)=C(S)CCC23)c(Cl)s1. The third-order valence-corrected chi connectivity index (χ3v) is 11.7. The smallest absolute Gasteiger partial charge is 0.356 e. The van der Waals surface area contributed by atoms with Crippen LogP contribution in [0.5, 0.6) is 0 Å². The second-order valence-corrected chi connectivity index (χ2v) is 15.8. The number of nitrogen functional groups attached to an aromatic ring is 1. The fourth-order valence-electron chi connectivity index (χ4n) is 7.44. The minimum Gasteiger partial charge on any atom is -0.448 e. The molecule has 0 spiro atoms. The first-order valence-electron chi connectivity index (χ1n) is 18.5. The number of anilines is 1. The van der Waals surface area contributed by atoms with Gasteiger partial charge in [0, 0.05) is 21.6 Å². The number of halogens is 1. The molecule has 0 bridgehead atoms. The number of ether oxygens (including phenoxy) is 1. The number of rotatable bonds is 12. The van der Waals surface area contributed by atoms with E-state index in [4.69, 9.17) is 26.9 Å². The molecule has 6 aromatic rings. The quantitative estimate of drug-likeness (QED) is 0.0284. The Labute approximate surface area is 349 Å². The van der Waals surface area contributed by atoms with E-state index in [0.717, 1.165) is 39.2 Å². The summed E-state index contributed by atoms with van der Waals surface area (Å²) in [5.41, 5.74) is 8.22. The molecular formula is C45H36ClN5O5S2. The zero-order chi connectivity index (χ0) is 40.2. The Morgan fingerprint density at radius 2 is 1.31 bits per heavy atom. The number of benzene rings is 5. The number of carbonyl (C=O) groups excluding carboxylic acids is 3. The van der Waals surface area contributed by atoms with Crippen molar-refractivity contribution >= 4 is 64.2 Å². The number of hydrogen-bond donors (Lipinski definition) is 3. The highest BCUT2D eigenvalue weighted by molar-refractivity contribution is 7.84. The number of nitrogens with one attached hydrogen (secondary N) is 1. The van der Waals surface area contributed by atoms with Crippen LogP contribution in [0.4, 0.5) is 5.13 Å². The van der Waals surface area contributed by atoms with Gasteiger partial charge in [0.2, 0.25) is 5.60 Å². The van der Waals surface area contributed by atoms with Gasteiger partial charge in [-0.25, -0.2) is 9.78 Å². The van der Waals surface area contributed by atoms with Gasteiger partial charge < -0.3 is 20.6 Å². The molecule has 0 saturated carbocycles. The molecule has 2 aliphatic rings. The summed E-state index contributed by atoms with van der Waals surface area (Å²) in [6, 6.07) is 45.7. The number of thiazole rings is 1. The number of fused-ring (bicyclic) bond motifs is 1. The molecule has 58 heavy (non-hydrogen) atoms. The van der Waals surface area contributed by atoms with Crippen molar-refractivity contribution in [2.75, 3.05) is 5.73 Å². The maximum Gasteiger partial charge on any atom is 0.356 e. The predicted octanol–water partition coefficient (Wildman–Crippen LogP) is 8.06. The van der Waals surface area contributed by atoms with Crippen LogP contribution >= 0.6 is 35.6 Å². The number of nitrogens with zero attached hydrogens (tertiary/aromatic N) is 3. The molecule has 3 N–H and O–H groups in total. The summed E-state index contributed by atoms with van der Waals surface area (Å²) in [6.45, 7) is 0. The average Bonchev–Trinajstić information content (AvgIpc) is 3.61. The standard InChI is InChI=1S/C45H36ClN5O5S2/c46-40-36(49-44(47)58-40)37(50-56-45(30-20-10-3-11-21-30,31-22-12-4-13-23-31)32-24-14-5-15-25-32)41(52)48-35-33-26-27-34(57)38(51(33)42(35)53)43(54)55-39(28-16-6-1-7-17-28)29-18-8-2-9-19-29/h1-25,33,35,39,57H,26-27H2,(H2,47,49)(H,48,52)/b50-37-/t33?,35-/m1/s1. The van der Waals surface area contributed by atoms with Crippen molar-refractivity contribution in [1.82, 2.24) is 15.2 Å². The van der Waals surface area contributed by atoms with Gasteiger partial charge in [-0.3, -0.25) is 14.5 Å². The largest absolute Gasteiger partial charge is 0.448 e. The lowest BCUT2D eigenvalue weighted by Gasteiger charge is -2.50. The molecule has 5 aromatic carbocycles. The van der Waals surface area contributed by atoms with Crippen LogP contribution in [0.25, 0.3) is 0 Å². The Hall–Kier alpha value is -6.21. The molecule has 8 rings (SSSR count). The molecule has 1 saturated heterocycles. The molecule has 2 atom stereocenters. The van der Waals surface area contributed by atoms with Crippen LogP contribution in [-0.4, -0.2) is 45.5 Å². The molecule has 0 aliphatic carbocycles. The van der Waals surface area contributed by atoms with Gasteiger partial charge in [-0.2, -0.15) is 0 Å². The van der Waals surface area contributed by atoms with Gasteiger partial charge in [-0.05, 0) is 24.0 Å². The van der Waals surface area contributed by atoms with Crippen LogP contribution < -0.4 is 11.1 Å². The first-order chi connectivity index (χ1) is 28.3. The van der Waals surface area contributed by atoms with Gasteiger partial charge in [0.05, 0.1) is 6.04 Å². The molecule has 1 aromatic heterocycles. The van der Waals surface area contributed by atoms with Crippen molar-refractivity contribution in [3.63, 3.8) is 0 Å². The Bertz CT molecular complexity index is 2370. The highest BCUT2D eigenvalue weighted by Gasteiger charge is 2.54. The van der Waals surface area contributed by atoms with E-state index in [1.807, 2.05) is 152 Å². The lowest BCUT2D eigenvalue weighted by Crippen LogP contribution is -2.72. The summed E-state index contributed by atoms with van der Waals surface area (Å²) >= 11 is 12.2. The molecule has 0 radical (unpaired) electrons. The Morgan fingerprint density at radius 3 is 1.78 bits per heavy atom. The minimum absolute atomic E-state index is 0.00769. The van der Waals surface area contributed by atoms with Gasteiger partial charge in [0.15, 0.2) is 16.9 Å². The van der Waals surface area contributed by atoms with Crippen molar-refractivity contribution in [2.45, 2.75) is 36.6 Å². The summed E-state index contributed by atoms with van der Waals surface area (Å²) in [4.78, 5) is 55.3. The molecule has 10 nitrogen and oxygen atoms in total. The fourth-order valence-corrected chi connectivity index (χ4v) is 8.69. The van der Waals surface area contributed by atoms with Crippen molar-refractivity contribution in [3.8, 4) is 0 Å². The van der Waals surface area contributed by atoms with Gasteiger partial charge >= 0.3 is 5.97 Å². The summed E-state index contributed by atoms with van der Waals surface area (Å²) in [6.07, 6.45) is 0.0707. The van der Waals surface area contributed by atoms with Crippen molar-refractivity contribution in [2.24, 2.45) is 5.16 Å². The molecule has 2 amide bonds. The number of esters is 1. The summed E-state index contributed by atoms with van der Waals surface area (Å²) in [5, 5.41) is 7.50. The molecule has 3 heterocycles. The summed E-state index contributed by atoms with van der Waals surface area (Å²) in [5.74, 6) is -1.99.